The van der Waals surface area contributed by atoms with Gasteiger partial charge in [-0.3, -0.25) is 4.79 Å². The minimum atomic E-state index is 0.0734. The molecular formula is C15H24N2O. The van der Waals surface area contributed by atoms with Crippen LogP contribution in [0.1, 0.15) is 26.3 Å². The summed E-state index contributed by atoms with van der Waals surface area (Å²) in [5.74, 6) is 0.544. The van der Waals surface area contributed by atoms with Crippen molar-refractivity contribution in [1.29, 1.82) is 0 Å². The molecule has 3 nitrogen and oxygen atoms in total. The number of carbonyl (C=O) groups excluding carboxylic acids is 1. The minimum Gasteiger partial charge on any atom is -0.352 e. The first-order chi connectivity index (χ1) is 8.59. The first-order valence-electron chi connectivity index (χ1n) is 6.63. The Labute approximate surface area is 110 Å². The van der Waals surface area contributed by atoms with E-state index < -0.39 is 0 Å². The van der Waals surface area contributed by atoms with Crippen molar-refractivity contribution in [1.82, 2.24) is 10.6 Å². The summed E-state index contributed by atoms with van der Waals surface area (Å²) >= 11 is 0. The van der Waals surface area contributed by atoms with Crippen LogP contribution in [0.5, 0.6) is 0 Å². The van der Waals surface area contributed by atoms with E-state index >= 15 is 0 Å². The molecule has 0 aliphatic heterocycles. The molecule has 0 aliphatic carbocycles. The maximum absolute atomic E-state index is 11.6. The zero-order valence-corrected chi connectivity index (χ0v) is 11.6. The molecule has 100 valence electrons. The predicted molar refractivity (Wildman–Crippen MR) is 75.5 cm³/mol. The van der Waals surface area contributed by atoms with Crippen LogP contribution >= 0.6 is 0 Å². The molecule has 0 aromatic heterocycles. The Morgan fingerprint density at radius 1 is 1.17 bits per heavy atom. The third-order valence-corrected chi connectivity index (χ3v) is 3.11. The molecule has 0 fully saturated rings. The molecule has 0 bridgehead atoms. The van der Waals surface area contributed by atoms with Gasteiger partial charge in [-0.15, -0.1) is 0 Å². The molecule has 0 aliphatic rings. The Hall–Kier alpha value is -1.35. The van der Waals surface area contributed by atoms with Gasteiger partial charge in [0.15, 0.2) is 0 Å². The topological polar surface area (TPSA) is 41.1 Å². The van der Waals surface area contributed by atoms with E-state index in [9.17, 15) is 4.79 Å². The predicted octanol–water partition coefficient (Wildman–Crippen LogP) is 1.98. The van der Waals surface area contributed by atoms with Gasteiger partial charge >= 0.3 is 0 Å². The summed E-state index contributed by atoms with van der Waals surface area (Å²) in [5, 5.41) is 6.14. The lowest BCUT2D eigenvalue weighted by molar-refractivity contribution is -0.121. The lowest BCUT2D eigenvalue weighted by atomic mass is 10.1. The van der Waals surface area contributed by atoms with Crippen LogP contribution in [0, 0.1) is 5.92 Å². The molecule has 1 rings (SSSR count). The van der Waals surface area contributed by atoms with Crippen LogP contribution in [0.2, 0.25) is 0 Å². The number of amides is 1. The van der Waals surface area contributed by atoms with Crippen molar-refractivity contribution < 1.29 is 4.79 Å². The molecule has 18 heavy (non-hydrogen) atoms. The lowest BCUT2D eigenvalue weighted by Crippen LogP contribution is -2.41. The smallest absolute Gasteiger partial charge is 0.234 e. The summed E-state index contributed by atoms with van der Waals surface area (Å²) in [4.78, 5) is 11.6. The molecular weight excluding hydrogens is 224 g/mol. The van der Waals surface area contributed by atoms with Gasteiger partial charge in [-0.25, -0.2) is 0 Å². The van der Waals surface area contributed by atoms with Crippen LogP contribution in [0.3, 0.4) is 0 Å². The van der Waals surface area contributed by atoms with E-state index in [4.69, 9.17) is 0 Å². The molecule has 1 atom stereocenters. The molecule has 2 N–H and O–H groups in total. The lowest BCUT2D eigenvalue weighted by Gasteiger charge is -2.17. The second-order valence-corrected chi connectivity index (χ2v) is 5.01. The molecule has 3 heteroatoms. The van der Waals surface area contributed by atoms with Crippen LogP contribution in [0.15, 0.2) is 30.3 Å². The largest absolute Gasteiger partial charge is 0.352 e. The van der Waals surface area contributed by atoms with Gasteiger partial charge in [-0.2, -0.15) is 0 Å². The molecule has 1 aromatic carbocycles. The maximum Gasteiger partial charge on any atom is 0.234 e. The van der Waals surface area contributed by atoms with Crippen LogP contribution < -0.4 is 10.6 Å². The van der Waals surface area contributed by atoms with E-state index in [1.54, 1.807) is 0 Å². The van der Waals surface area contributed by atoms with E-state index in [1.165, 1.54) is 5.56 Å². The number of hydrogen-bond acceptors (Lipinski definition) is 2. The average molecular weight is 248 g/mol. The molecule has 1 unspecified atom stereocenters. The average Bonchev–Trinajstić information content (AvgIpc) is 2.35. The normalized spacial score (nSPS) is 12.4. The summed E-state index contributed by atoms with van der Waals surface area (Å²) in [6.45, 7) is 7.46. The van der Waals surface area contributed by atoms with Crippen LogP contribution in [0.25, 0.3) is 0 Å². The summed E-state index contributed by atoms with van der Waals surface area (Å²) in [6, 6.07) is 10.5. The fraction of sp³-hybridized carbons (Fsp3) is 0.533. The molecule has 0 saturated heterocycles. The van der Waals surface area contributed by atoms with E-state index in [2.05, 4.69) is 36.6 Å². The van der Waals surface area contributed by atoms with Crippen molar-refractivity contribution in [2.75, 3.05) is 13.1 Å². The highest BCUT2D eigenvalue weighted by Crippen LogP contribution is 1.99. The summed E-state index contributed by atoms with van der Waals surface area (Å²) < 4.78 is 0. The van der Waals surface area contributed by atoms with Gasteiger partial charge in [0.05, 0.1) is 6.54 Å². The molecule has 0 heterocycles. The Bertz CT molecular complexity index is 349. The quantitative estimate of drug-likeness (QED) is 0.724. The molecule has 0 spiro atoms. The number of hydrogen-bond donors (Lipinski definition) is 2. The fourth-order valence-corrected chi connectivity index (χ4v) is 1.55. The summed E-state index contributed by atoms with van der Waals surface area (Å²) in [7, 11) is 0. The summed E-state index contributed by atoms with van der Waals surface area (Å²) in [6.07, 6.45) is 0.952. The van der Waals surface area contributed by atoms with Crippen LogP contribution in [-0.2, 0) is 11.2 Å². The van der Waals surface area contributed by atoms with Gasteiger partial charge < -0.3 is 10.6 Å². The number of carbonyl (C=O) groups is 1. The van der Waals surface area contributed by atoms with Crippen LogP contribution in [0.4, 0.5) is 0 Å². The Kier molecular flexibility index (Phi) is 6.44. The highest BCUT2D eigenvalue weighted by Gasteiger charge is 2.09. The van der Waals surface area contributed by atoms with E-state index in [0.717, 1.165) is 13.0 Å². The Morgan fingerprint density at radius 3 is 2.44 bits per heavy atom. The highest BCUT2D eigenvalue weighted by molar-refractivity contribution is 5.78. The monoisotopic (exact) mass is 248 g/mol. The van der Waals surface area contributed by atoms with Gasteiger partial charge in [0, 0.05) is 6.04 Å². The Balaban J connectivity index is 2.13. The first-order valence-corrected chi connectivity index (χ1v) is 6.63. The number of nitrogens with one attached hydrogen (secondary N) is 2. The van der Waals surface area contributed by atoms with E-state index in [0.29, 0.717) is 12.5 Å². The van der Waals surface area contributed by atoms with Crippen molar-refractivity contribution in [2.45, 2.75) is 33.2 Å². The second kappa shape index (κ2) is 7.88. The minimum absolute atomic E-state index is 0.0734. The number of benzene rings is 1. The van der Waals surface area contributed by atoms with Gasteiger partial charge in [0.2, 0.25) is 5.91 Å². The van der Waals surface area contributed by atoms with Gasteiger partial charge in [0.25, 0.3) is 0 Å². The highest BCUT2D eigenvalue weighted by atomic mass is 16.1. The van der Waals surface area contributed by atoms with Crippen molar-refractivity contribution >= 4 is 5.91 Å². The zero-order valence-electron chi connectivity index (χ0n) is 11.6. The second-order valence-electron chi connectivity index (χ2n) is 5.01. The number of rotatable bonds is 7. The zero-order chi connectivity index (χ0) is 13.4. The van der Waals surface area contributed by atoms with E-state index in [1.807, 2.05) is 25.1 Å². The third-order valence-electron chi connectivity index (χ3n) is 3.11. The van der Waals surface area contributed by atoms with Crippen molar-refractivity contribution in [3.8, 4) is 0 Å². The van der Waals surface area contributed by atoms with Crippen molar-refractivity contribution in [3.63, 3.8) is 0 Å². The molecule has 0 radical (unpaired) electrons. The van der Waals surface area contributed by atoms with Gasteiger partial charge in [-0.1, -0.05) is 44.2 Å². The maximum atomic E-state index is 11.6. The standard InChI is InChI=1S/C15H24N2O/c1-12(2)13(3)17-15(18)11-16-10-9-14-7-5-4-6-8-14/h4-8,12-13,16H,9-11H2,1-3H3,(H,17,18). The molecule has 1 amide bonds. The summed E-state index contributed by atoms with van der Waals surface area (Å²) in [5.41, 5.74) is 1.29. The Morgan fingerprint density at radius 2 is 1.83 bits per heavy atom. The van der Waals surface area contributed by atoms with Gasteiger partial charge in [-0.05, 0) is 31.4 Å². The third kappa shape index (κ3) is 5.82. The fourth-order valence-electron chi connectivity index (χ4n) is 1.55. The van der Waals surface area contributed by atoms with E-state index in [-0.39, 0.29) is 11.9 Å². The van der Waals surface area contributed by atoms with Crippen LogP contribution in [-0.4, -0.2) is 25.0 Å². The molecule has 1 aromatic rings. The van der Waals surface area contributed by atoms with Gasteiger partial charge in [0.1, 0.15) is 0 Å². The molecule has 0 saturated carbocycles. The SMILES string of the molecule is CC(C)C(C)NC(=O)CNCCc1ccccc1. The van der Waals surface area contributed by atoms with Crippen molar-refractivity contribution in [2.24, 2.45) is 5.92 Å². The first kappa shape index (κ1) is 14.7. The van der Waals surface area contributed by atoms with Crippen molar-refractivity contribution in [3.05, 3.63) is 35.9 Å².